The van der Waals surface area contributed by atoms with Crippen LogP contribution in [-0.2, 0) is 20.8 Å². The molecule has 0 aromatic heterocycles. The number of phenols is 1. The number of phenolic OH excluding ortho intramolecular Hbond substituents is 1. The van der Waals surface area contributed by atoms with Crippen LogP contribution in [0.4, 0.5) is 5.69 Å². The number of anilines is 1. The Morgan fingerprint density at radius 1 is 0.860 bits per heavy atom. The zero-order valence-electron chi connectivity index (χ0n) is 24.3. The average Bonchev–Trinajstić information content (AvgIpc) is 3.42. The first-order valence-corrected chi connectivity index (χ1v) is 13.6. The molecule has 3 aliphatic rings. The summed E-state index contributed by atoms with van der Waals surface area (Å²) in [5, 5.41) is 22.6. The topological polar surface area (TPSA) is 126 Å². The van der Waals surface area contributed by atoms with Gasteiger partial charge in [-0.25, -0.2) is 0 Å². The van der Waals surface area contributed by atoms with Gasteiger partial charge in [-0.3, -0.25) is 19.3 Å². The molecule has 1 unspecified atom stereocenters. The standard InChI is InChI=1S/C33H30N2O8/c1-32(2)16-19-14-25(42-4)26(43-5)15-21(19)23-17-33(31(40)35(23)32)27(28(37)18-10-12-20(41-3)13-11-18)29(38)30(39)34(33)22-8-6-7-9-24(22)36/h6-15,17,36-37H,16H2,1-5H3/b28-27-. The third kappa shape index (κ3) is 3.82. The van der Waals surface area contributed by atoms with Gasteiger partial charge in [-0.2, -0.15) is 0 Å². The summed E-state index contributed by atoms with van der Waals surface area (Å²) in [5.41, 5.74) is -1.24. The first-order valence-electron chi connectivity index (χ1n) is 13.6. The number of hydrogen-bond acceptors (Lipinski definition) is 8. The molecule has 1 spiro atoms. The highest BCUT2D eigenvalue weighted by Crippen LogP contribution is 2.54. The third-order valence-corrected chi connectivity index (χ3v) is 8.31. The number of carbonyl (C=O) groups is 3. The number of nitrogens with zero attached hydrogens (tertiary/aromatic N) is 2. The number of carbonyl (C=O) groups excluding carboxylic acids is 3. The molecule has 2 N–H and O–H groups in total. The van der Waals surface area contributed by atoms with Crippen LogP contribution in [0.15, 0.2) is 72.3 Å². The summed E-state index contributed by atoms with van der Waals surface area (Å²) in [5.74, 6) is -2.12. The number of aliphatic hydroxyl groups is 1. The second kappa shape index (κ2) is 9.65. The number of fused-ring (bicyclic) bond motifs is 3. The summed E-state index contributed by atoms with van der Waals surface area (Å²) in [6.07, 6.45) is 1.95. The van der Waals surface area contributed by atoms with Crippen molar-refractivity contribution >= 4 is 34.7 Å². The Balaban J connectivity index is 1.70. The normalized spacial score (nSPS) is 21.5. The first kappa shape index (κ1) is 27.9. The summed E-state index contributed by atoms with van der Waals surface area (Å²) < 4.78 is 16.3. The van der Waals surface area contributed by atoms with E-state index in [1.165, 1.54) is 51.7 Å². The molecular formula is C33H30N2O8. The number of rotatable bonds is 5. The molecule has 2 amide bonds. The van der Waals surface area contributed by atoms with Crippen LogP contribution in [0.5, 0.6) is 23.0 Å². The van der Waals surface area contributed by atoms with E-state index < -0.39 is 40.0 Å². The Morgan fingerprint density at radius 2 is 1.51 bits per heavy atom. The number of aliphatic hydroxyl groups excluding tert-OH is 1. The Bertz CT molecular complexity index is 1770. The van der Waals surface area contributed by atoms with Gasteiger partial charge in [-0.1, -0.05) is 12.1 Å². The smallest absolute Gasteiger partial charge is 0.300 e. The summed E-state index contributed by atoms with van der Waals surface area (Å²) >= 11 is 0. The number of benzene rings is 3. The van der Waals surface area contributed by atoms with Gasteiger partial charge in [0.25, 0.3) is 11.7 Å². The maximum absolute atomic E-state index is 14.9. The van der Waals surface area contributed by atoms with E-state index in [9.17, 15) is 24.6 Å². The molecule has 43 heavy (non-hydrogen) atoms. The second-order valence-corrected chi connectivity index (χ2v) is 11.2. The molecular weight excluding hydrogens is 552 g/mol. The highest BCUT2D eigenvalue weighted by atomic mass is 16.5. The summed E-state index contributed by atoms with van der Waals surface area (Å²) in [6.45, 7) is 3.76. The van der Waals surface area contributed by atoms with Gasteiger partial charge in [0.2, 0.25) is 0 Å². The van der Waals surface area contributed by atoms with Crippen LogP contribution in [0.2, 0.25) is 0 Å². The molecule has 3 aliphatic heterocycles. The summed E-state index contributed by atoms with van der Waals surface area (Å²) in [7, 11) is 4.54. The molecule has 10 heteroatoms. The van der Waals surface area contributed by atoms with Gasteiger partial charge in [0, 0.05) is 16.7 Å². The lowest BCUT2D eigenvalue weighted by Gasteiger charge is -2.44. The van der Waals surface area contributed by atoms with Gasteiger partial charge in [0.05, 0.1) is 38.3 Å². The van der Waals surface area contributed by atoms with E-state index >= 15 is 0 Å². The van der Waals surface area contributed by atoms with Gasteiger partial charge in [0.1, 0.15) is 17.3 Å². The average molecular weight is 583 g/mol. The molecule has 0 saturated carbocycles. The first-order chi connectivity index (χ1) is 20.5. The van der Waals surface area contributed by atoms with Crippen LogP contribution in [0.3, 0.4) is 0 Å². The highest BCUT2D eigenvalue weighted by Gasteiger charge is 2.67. The predicted molar refractivity (Wildman–Crippen MR) is 158 cm³/mol. The molecule has 1 fully saturated rings. The minimum absolute atomic E-state index is 0.0474. The van der Waals surface area contributed by atoms with Crippen molar-refractivity contribution in [3.8, 4) is 23.0 Å². The van der Waals surface area contributed by atoms with Gasteiger partial charge in [0.15, 0.2) is 17.0 Å². The van der Waals surface area contributed by atoms with Crippen molar-refractivity contribution in [2.75, 3.05) is 26.2 Å². The van der Waals surface area contributed by atoms with E-state index in [-0.39, 0.29) is 17.0 Å². The lowest BCUT2D eigenvalue weighted by atomic mass is 9.84. The van der Waals surface area contributed by atoms with Gasteiger partial charge < -0.3 is 29.3 Å². The zero-order chi connectivity index (χ0) is 30.8. The van der Waals surface area contributed by atoms with Gasteiger partial charge >= 0.3 is 5.91 Å². The maximum atomic E-state index is 14.9. The van der Waals surface area contributed by atoms with Crippen molar-refractivity contribution in [3.05, 3.63) is 89.0 Å². The van der Waals surface area contributed by atoms with Crippen molar-refractivity contribution in [2.24, 2.45) is 0 Å². The number of ether oxygens (including phenoxy) is 3. The van der Waals surface area contributed by atoms with E-state index in [0.29, 0.717) is 34.9 Å². The summed E-state index contributed by atoms with van der Waals surface area (Å²) in [4.78, 5) is 45.2. The lowest BCUT2D eigenvalue weighted by Crippen LogP contribution is -2.58. The quantitative estimate of drug-likeness (QED) is 0.260. The fourth-order valence-corrected chi connectivity index (χ4v) is 6.38. The van der Waals surface area contributed by atoms with Crippen LogP contribution in [0.25, 0.3) is 11.5 Å². The van der Waals surface area contributed by atoms with E-state index in [1.54, 1.807) is 35.2 Å². The molecule has 6 rings (SSSR count). The van der Waals surface area contributed by atoms with Crippen LogP contribution >= 0.6 is 0 Å². The minimum Gasteiger partial charge on any atom is -0.507 e. The monoisotopic (exact) mass is 582 g/mol. The number of hydrogen-bond donors (Lipinski definition) is 2. The minimum atomic E-state index is -2.11. The highest BCUT2D eigenvalue weighted by molar-refractivity contribution is 6.55. The van der Waals surface area contributed by atoms with Crippen molar-refractivity contribution in [3.63, 3.8) is 0 Å². The van der Waals surface area contributed by atoms with Crippen LogP contribution in [0.1, 0.15) is 30.5 Å². The molecule has 1 saturated heterocycles. The number of Topliss-reactive ketones (excluding diaryl/α,β-unsaturated/α-hetero) is 1. The van der Waals surface area contributed by atoms with Crippen molar-refractivity contribution in [1.82, 2.24) is 4.90 Å². The van der Waals surface area contributed by atoms with Crippen LogP contribution in [-0.4, -0.2) is 65.1 Å². The lowest BCUT2D eigenvalue weighted by molar-refractivity contribution is -0.134. The SMILES string of the molecule is COc1ccc(/C(O)=C2\C(=O)C(=O)N(c3ccccc3O)C23C=C2c4cc(OC)c(OC)cc4CC(C)(C)N2C3=O)cc1. The van der Waals surface area contributed by atoms with Gasteiger partial charge in [-0.15, -0.1) is 0 Å². The van der Waals surface area contributed by atoms with Crippen LogP contribution < -0.4 is 19.1 Å². The Morgan fingerprint density at radius 3 is 2.14 bits per heavy atom. The van der Waals surface area contributed by atoms with Gasteiger partial charge in [-0.05, 0) is 80.4 Å². The zero-order valence-corrected chi connectivity index (χ0v) is 24.3. The second-order valence-electron chi connectivity index (χ2n) is 11.2. The molecule has 3 heterocycles. The Hall–Kier alpha value is -5.25. The van der Waals surface area contributed by atoms with E-state index in [0.717, 1.165) is 10.5 Å². The molecule has 0 radical (unpaired) electrons. The molecule has 220 valence electrons. The molecule has 3 aromatic carbocycles. The Labute approximate surface area is 248 Å². The molecule has 10 nitrogen and oxygen atoms in total. The largest absolute Gasteiger partial charge is 0.507 e. The maximum Gasteiger partial charge on any atom is 0.300 e. The number of methoxy groups -OCH3 is 3. The van der Waals surface area contributed by atoms with Crippen molar-refractivity contribution in [1.29, 1.82) is 0 Å². The van der Waals surface area contributed by atoms with E-state index in [4.69, 9.17) is 14.2 Å². The van der Waals surface area contributed by atoms with Crippen LogP contribution in [0, 0.1) is 0 Å². The third-order valence-electron chi connectivity index (χ3n) is 8.31. The van der Waals surface area contributed by atoms with E-state index in [1.807, 2.05) is 19.9 Å². The Kier molecular flexibility index (Phi) is 6.26. The fourth-order valence-electron chi connectivity index (χ4n) is 6.38. The van der Waals surface area contributed by atoms with Crippen molar-refractivity contribution in [2.45, 2.75) is 31.3 Å². The van der Waals surface area contributed by atoms with Crippen molar-refractivity contribution < 1.29 is 38.8 Å². The molecule has 1 atom stereocenters. The molecule has 0 bridgehead atoms. The number of para-hydroxylation sites is 2. The number of amides is 2. The van der Waals surface area contributed by atoms with E-state index in [2.05, 4.69) is 0 Å². The molecule has 0 aliphatic carbocycles. The summed E-state index contributed by atoms with van der Waals surface area (Å²) in [6, 6.07) is 15.8. The molecule has 3 aromatic rings. The predicted octanol–water partition coefficient (Wildman–Crippen LogP) is 4.26. The number of aromatic hydroxyl groups is 1. The number of ketones is 1. The fraction of sp³-hybridized carbons (Fsp3) is 0.242.